The second-order valence-corrected chi connectivity index (χ2v) is 5.50. The van der Waals surface area contributed by atoms with Gasteiger partial charge in [0.1, 0.15) is 5.60 Å². The van der Waals surface area contributed by atoms with E-state index < -0.39 is 5.60 Å². The summed E-state index contributed by atoms with van der Waals surface area (Å²) in [5.41, 5.74) is -0.510. The number of rotatable bonds is 1. The maximum atomic E-state index is 11.9. The number of ketones is 1. The molecule has 1 saturated heterocycles. The summed E-state index contributed by atoms with van der Waals surface area (Å²) in [6, 6.07) is -0.310. The minimum absolute atomic E-state index is 0.0378. The van der Waals surface area contributed by atoms with E-state index in [1.807, 2.05) is 27.7 Å². The van der Waals surface area contributed by atoms with E-state index in [0.717, 1.165) is 6.42 Å². The molecule has 1 aliphatic rings. The molecule has 92 valence electrons. The monoisotopic (exact) mass is 227 g/mol. The molecular weight excluding hydrogens is 206 g/mol. The van der Waals surface area contributed by atoms with E-state index in [9.17, 15) is 9.59 Å². The van der Waals surface area contributed by atoms with Crippen LogP contribution in [0.2, 0.25) is 0 Å². The van der Waals surface area contributed by atoms with E-state index in [1.165, 1.54) is 6.92 Å². The Kier molecular flexibility index (Phi) is 3.61. The molecule has 2 atom stereocenters. The lowest BCUT2D eigenvalue weighted by Gasteiger charge is -2.28. The highest BCUT2D eigenvalue weighted by Gasteiger charge is 2.39. The first kappa shape index (κ1) is 13.0. The van der Waals surface area contributed by atoms with E-state index in [0.29, 0.717) is 6.54 Å². The van der Waals surface area contributed by atoms with Crippen molar-refractivity contribution < 1.29 is 14.3 Å². The fraction of sp³-hybridized carbons (Fsp3) is 0.833. The molecule has 0 radical (unpaired) electrons. The Hall–Kier alpha value is -1.06. The zero-order valence-electron chi connectivity index (χ0n) is 10.7. The normalized spacial score (nSPS) is 25.7. The van der Waals surface area contributed by atoms with Crippen LogP contribution >= 0.6 is 0 Å². The first-order valence-electron chi connectivity index (χ1n) is 5.72. The first-order chi connectivity index (χ1) is 7.22. The van der Waals surface area contributed by atoms with Crippen LogP contribution in [-0.4, -0.2) is 35.0 Å². The largest absolute Gasteiger partial charge is 0.444 e. The molecule has 0 aromatic heterocycles. The summed E-state index contributed by atoms with van der Waals surface area (Å²) in [5, 5.41) is 0. The predicted molar refractivity (Wildman–Crippen MR) is 61.2 cm³/mol. The summed E-state index contributed by atoms with van der Waals surface area (Å²) < 4.78 is 5.29. The van der Waals surface area contributed by atoms with Gasteiger partial charge >= 0.3 is 6.09 Å². The van der Waals surface area contributed by atoms with Gasteiger partial charge < -0.3 is 4.74 Å². The number of ether oxygens (including phenoxy) is 1. The van der Waals surface area contributed by atoms with Crippen LogP contribution in [0.25, 0.3) is 0 Å². The molecule has 0 aliphatic carbocycles. The number of Topliss-reactive ketones (excluding diaryl/α,β-unsaturated/α-hetero) is 1. The molecule has 1 amide bonds. The summed E-state index contributed by atoms with van der Waals surface area (Å²) in [6.07, 6.45) is 0.487. The molecule has 0 aromatic rings. The van der Waals surface area contributed by atoms with Gasteiger partial charge in [-0.15, -0.1) is 0 Å². The van der Waals surface area contributed by atoms with Gasteiger partial charge in [0.05, 0.1) is 6.04 Å². The Balaban J connectivity index is 2.73. The number of carbonyl (C=O) groups excluding carboxylic acids is 2. The van der Waals surface area contributed by atoms with Gasteiger partial charge in [0.2, 0.25) is 0 Å². The molecule has 0 saturated carbocycles. The first-order valence-corrected chi connectivity index (χ1v) is 5.72. The second-order valence-electron chi connectivity index (χ2n) is 5.50. The fourth-order valence-electron chi connectivity index (χ4n) is 2.09. The van der Waals surface area contributed by atoms with Crippen LogP contribution in [0.3, 0.4) is 0 Å². The van der Waals surface area contributed by atoms with Crippen LogP contribution in [0, 0.1) is 5.92 Å². The number of nitrogens with zero attached hydrogens (tertiary/aromatic N) is 1. The average molecular weight is 227 g/mol. The Morgan fingerprint density at radius 1 is 1.31 bits per heavy atom. The summed E-state index contributed by atoms with van der Waals surface area (Å²) in [4.78, 5) is 24.9. The Labute approximate surface area is 96.9 Å². The lowest BCUT2D eigenvalue weighted by Crippen LogP contribution is -2.44. The third-order valence-corrected chi connectivity index (χ3v) is 2.74. The molecule has 0 unspecified atom stereocenters. The van der Waals surface area contributed by atoms with Gasteiger partial charge in [-0.3, -0.25) is 9.69 Å². The van der Waals surface area contributed by atoms with Gasteiger partial charge in [-0.2, -0.15) is 0 Å². The van der Waals surface area contributed by atoms with Crippen molar-refractivity contribution in [3.63, 3.8) is 0 Å². The molecular formula is C12H21NO3. The molecule has 4 nitrogen and oxygen atoms in total. The van der Waals surface area contributed by atoms with Crippen molar-refractivity contribution in [2.75, 3.05) is 6.54 Å². The van der Waals surface area contributed by atoms with Crippen molar-refractivity contribution in [1.82, 2.24) is 4.90 Å². The van der Waals surface area contributed by atoms with E-state index in [4.69, 9.17) is 4.74 Å². The van der Waals surface area contributed by atoms with Crippen molar-refractivity contribution in [2.45, 2.75) is 52.7 Å². The Bertz CT molecular complexity index is 293. The molecule has 1 rings (SSSR count). The summed E-state index contributed by atoms with van der Waals surface area (Å²) in [5.74, 6) is 0.265. The topological polar surface area (TPSA) is 46.6 Å². The van der Waals surface area contributed by atoms with Gasteiger partial charge in [0, 0.05) is 6.54 Å². The van der Waals surface area contributed by atoms with Crippen LogP contribution in [0.4, 0.5) is 4.79 Å². The highest BCUT2D eigenvalue weighted by molar-refractivity contribution is 5.86. The molecule has 4 heteroatoms. The number of likely N-dealkylation sites (tertiary alicyclic amines) is 1. The van der Waals surface area contributed by atoms with Crippen molar-refractivity contribution in [1.29, 1.82) is 0 Å². The van der Waals surface area contributed by atoms with Crippen LogP contribution in [0.15, 0.2) is 0 Å². The Morgan fingerprint density at radius 2 is 1.88 bits per heavy atom. The molecule has 0 spiro atoms. The van der Waals surface area contributed by atoms with Crippen LogP contribution in [-0.2, 0) is 9.53 Å². The summed E-state index contributed by atoms with van der Waals surface area (Å²) >= 11 is 0. The van der Waals surface area contributed by atoms with E-state index >= 15 is 0 Å². The maximum Gasteiger partial charge on any atom is 0.410 e. The van der Waals surface area contributed by atoms with Crippen LogP contribution in [0.1, 0.15) is 41.0 Å². The highest BCUT2D eigenvalue weighted by atomic mass is 16.6. The number of amides is 1. The van der Waals surface area contributed by atoms with Crippen molar-refractivity contribution in [2.24, 2.45) is 5.92 Å². The number of hydrogen-bond donors (Lipinski definition) is 0. The van der Waals surface area contributed by atoms with Crippen LogP contribution < -0.4 is 0 Å². The van der Waals surface area contributed by atoms with Crippen LogP contribution in [0.5, 0.6) is 0 Å². The third kappa shape index (κ3) is 2.97. The number of hydrogen-bond acceptors (Lipinski definition) is 3. The average Bonchev–Trinajstić information content (AvgIpc) is 2.43. The molecule has 0 bridgehead atoms. The van der Waals surface area contributed by atoms with Gasteiger partial charge in [0.15, 0.2) is 5.78 Å². The quantitative estimate of drug-likeness (QED) is 0.690. The van der Waals surface area contributed by atoms with Gasteiger partial charge in [-0.05, 0) is 40.0 Å². The molecule has 1 fully saturated rings. The minimum atomic E-state index is -0.510. The third-order valence-electron chi connectivity index (χ3n) is 2.74. The SMILES string of the molecule is CC(=O)[C@@H]1[C@H](C)CCN1C(=O)OC(C)(C)C. The van der Waals surface area contributed by atoms with Gasteiger partial charge in [0.25, 0.3) is 0 Å². The van der Waals surface area contributed by atoms with Crippen molar-refractivity contribution in [3.05, 3.63) is 0 Å². The highest BCUT2D eigenvalue weighted by Crippen LogP contribution is 2.26. The van der Waals surface area contributed by atoms with Gasteiger partial charge in [-0.25, -0.2) is 4.79 Å². The molecule has 1 heterocycles. The zero-order valence-corrected chi connectivity index (χ0v) is 10.7. The van der Waals surface area contributed by atoms with E-state index in [2.05, 4.69) is 0 Å². The number of carbonyl (C=O) groups is 2. The molecule has 16 heavy (non-hydrogen) atoms. The van der Waals surface area contributed by atoms with E-state index in [1.54, 1.807) is 4.90 Å². The standard InChI is InChI=1S/C12H21NO3/c1-8-6-7-13(10(8)9(2)14)11(15)16-12(3,4)5/h8,10H,6-7H2,1-5H3/t8-,10+/m1/s1. The van der Waals surface area contributed by atoms with E-state index in [-0.39, 0.29) is 23.8 Å². The van der Waals surface area contributed by atoms with Gasteiger partial charge in [-0.1, -0.05) is 6.92 Å². The molecule has 1 aliphatic heterocycles. The second kappa shape index (κ2) is 4.44. The summed E-state index contributed by atoms with van der Waals surface area (Å²) in [6.45, 7) is 9.62. The van der Waals surface area contributed by atoms with Crippen molar-refractivity contribution in [3.8, 4) is 0 Å². The lowest BCUT2D eigenvalue weighted by atomic mass is 10.00. The fourth-order valence-corrected chi connectivity index (χ4v) is 2.09. The smallest absolute Gasteiger partial charge is 0.410 e. The minimum Gasteiger partial charge on any atom is -0.444 e. The molecule has 0 aromatic carbocycles. The summed E-state index contributed by atoms with van der Waals surface area (Å²) in [7, 11) is 0. The lowest BCUT2D eigenvalue weighted by molar-refractivity contribution is -0.122. The molecule has 0 N–H and O–H groups in total. The zero-order chi connectivity index (χ0) is 12.5. The van der Waals surface area contributed by atoms with Crippen molar-refractivity contribution >= 4 is 11.9 Å². The Morgan fingerprint density at radius 3 is 2.31 bits per heavy atom. The maximum absolute atomic E-state index is 11.9. The predicted octanol–water partition coefficient (Wildman–Crippen LogP) is 2.22.